The van der Waals surface area contributed by atoms with Gasteiger partial charge in [-0.2, -0.15) is 0 Å². The van der Waals surface area contributed by atoms with E-state index in [1.165, 1.54) is 37.9 Å². The zero-order valence-corrected chi connectivity index (χ0v) is 11.1. The number of hydrogen-bond acceptors (Lipinski definition) is 1. The Hall–Kier alpha value is -2.12. The van der Waals surface area contributed by atoms with Gasteiger partial charge in [-0.25, -0.2) is 0 Å². The van der Waals surface area contributed by atoms with Crippen molar-refractivity contribution in [1.82, 2.24) is 6.15 Å². The van der Waals surface area contributed by atoms with E-state index in [0.717, 1.165) is 6.42 Å². The van der Waals surface area contributed by atoms with Crippen molar-refractivity contribution in [3.63, 3.8) is 0 Å². The SMILES string of the molecule is CCc1ccc2ccc3cccc4ccc1c2c34.N. The number of hydrogen-bond donors (Lipinski definition) is 1. The Morgan fingerprint density at radius 2 is 1.26 bits per heavy atom. The topological polar surface area (TPSA) is 35.0 Å². The third-order valence-electron chi connectivity index (χ3n) is 4.00. The first-order valence-electron chi connectivity index (χ1n) is 6.54. The third kappa shape index (κ3) is 1.52. The fourth-order valence-corrected chi connectivity index (χ4v) is 3.10. The van der Waals surface area contributed by atoms with Gasteiger partial charge in [0, 0.05) is 0 Å². The normalized spacial score (nSPS) is 11.2. The van der Waals surface area contributed by atoms with Gasteiger partial charge in [-0.05, 0) is 44.3 Å². The minimum atomic E-state index is 0. The van der Waals surface area contributed by atoms with Crippen LogP contribution >= 0.6 is 0 Å². The quantitative estimate of drug-likeness (QED) is 0.454. The average Bonchev–Trinajstić information content (AvgIpc) is 2.44. The highest BCUT2D eigenvalue weighted by molar-refractivity contribution is 6.23. The van der Waals surface area contributed by atoms with E-state index in [0.29, 0.717) is 0 Å². The van der Waals surface area contributed by atoms with E-state index in [-0.39, 0.29) is 6.15 Å². The molecule has 3 N–H and O–H groups in total. The number of benzene rings is 4. The molecule has 0 aromatic heterocycles. The summed E-state index contributed by atoms with van der Waals surface area (Å²) >= 11 is 0. The molecule has 1 heteroatoms. The molecule has 0 saturated carbocycles. The summed E-state index contributed by atoms with van der Waals surface area (Å²) in [5.74, 6) is 0. The molecule has 0 atom stereocenters. The highest BCUT2D eigenvalue weighted by atomic mass is 14.1. The van der Waals surface area contributed by atoms with Crippen molar-refractivity contribution in [1.29, 1.82) is 0 Å². The standard InChI is InChI=1S/C18H14.H3N/c1-2-12-6-7-15-9-8-13-4-3-5-14-10-11-16(12)18(15)17(13)14;/h3-11H,2H2,1H3;1H3. The van der Waals surface area contributed by atoms with Crippen molar-refractivity contribution in [2.24, 2.45) is 0 Å². The molecular weight excluding hydrogens is 230 g/mol. The molecule has 94 valence electrons. The second-order valence-corrected chi connectivity index (χ2v) is 4.93. The first-order valence-corrected chi connectivity index (χ1v) is 6.54. The molecule has 0 amide bonds. The zero-order valence-electron chi connectivity index (χ0n) is 11.1. The van der Waals surface area contributed by atoms with Crippen LogP contribution in [0.1, 0.15) is 12.5 Å². The molecule has 0 heterocycles. The molecule has 0 unspecified atom stereocenters. The van der Waals surface area contributed by atoms with Crippen molar-refractivity contribution in [2.45, 2.75) is 13.3 Å². The lowest BCUT2D eigenvalue weighted by Gasteiger charge is -2.12. The minimum Gasteiger partial charge on any atom is -0.344 e. The Morgan fingerprint density at radius 1 is 0.684 bits per heavy atom. The maximum Gasteiger partial charge on any atom is -0.00240 e. The molecule has 1 nitrogen and oxygen atoms in total. The fraction of sp³-hybridized carbons (Fsp3) is 0.111. The summed E-state index contributed by atoms with van der Waals surface area (Å²) in [6.07, 6.45) is 1.09. The molecule has 0 aliphatic carbocycles. The molecule has 0 spiro atoms. The molecule has 0 aliphatic heterocycles. The van der Waals surface area contributed by atoms with E-state index in [9.17, 15) is 0 Å². The largest absolute Gasteiger partial charge is 0.344 e. The van der Waals surface area contributed by atoms with E-state index in [1.54, 1.807) is 0 Å². The number of aryl methyl sites for hydroxylation is 1. The summed E-state index contributed by atoms with van der Waals surface area (Å²) in [6.45, 7) is 2.23. The smallest absolute Gasteiger partial charge is 0.00240 e. The van der Waals surface area contributed by atoms with Gasteiger partial charge in [-0.1, -0.05) is 61.5 Å². The predicted molar refractivity (Wildman–Crippen MR) is 84.5 cm³/mol. The van der Waals surface area contributed by atoms with Crippen LogP contribution in [0.15, 0.2) is 54.6 Å². The fourth-order valence-electron chi connectivity index (χ4n) is 3.10. The van der Waals surface area contributed by atoms with E-state index in [2.05, 4.69) is 61.5 Å². The Balaban J connectivity index is 0.00000110. The number of rotatable bonds is 1. The maximum atomic E-state index is 2.28. The molecule has 0 saturated heterocycles. The highest BCUT2D eigenvalue weighted by Crippen LogP contribution is 2.35. The summed E-state index contributed by atoms with van der Waals surface area (Å²) in [5.41, 5.74) is 1.45. The summed E-state index contributed by atoms with van der Waals surface area (Å²) in [6, 6.07) is 20.1. The maximum absolute atomic E-state index is 2.28. The Labute approximate surface area is 112 Å². The lowest BCUT2D eigenvalue weighted by Crippen LogP contribution is -1.88. The average molecular weight is 247 g/mol. The van der Waals surface area contributed by atoms with Gasteiger partial charge >= 0.3 is 0 Å². The molecule has 0 fully saturated rings. The molecule has 4 aromatic rings. The molecule has 0 bridgehead atoms. The summed E-state index contributed by atoms with van der Waals surface area (Å²) < 4.78 is 0. The van der Waals surface area contributed by atoms with Gasteiger partial charge < -0.3 is 6.15 Å². The van der Waals surface area contributed by atoms with Crippen molar-refractivity contribution in [3.05, 3.63) is 60.2 Å². The second kappa shape index (κ2) is 4.22. The van der Waals surface area contributed by atoms with E-state index < -0.39 is 0 Å². The molecular formula is C18H17N. The van der Waals surface area contributed by atoms with Crippen LogP contribution in [0.25, 0.3) is 32.3 Å². The van der Waals surface area contributed by atoms with E-state index >= 15 is 0 Å². The van der Waals surface area contributed by atoms with Crippen LogP contribution in [-0.4, -0.2) is 0 Å². The van der Waals surface area contributed by atoms with Gasteiger partial charge in [0.15, 0.2) is 0 Å². The molecule has 4 aromatic carbocycles. The molecule has 0 aliphatic rings. The molecule has 19 heavy (non-hydrogen) atoms. The Bertz CT molecular complexity index is 845. The van der Waals surface area contributed by atoms with Gasteiger partial charge in [-0.15, -0.1) is 0 Å². The zero-order chi connectivity index (χ0) is 12.1. The lowest BCUT2D eigenvalue weighted by molar-refractivity contribution is 1.16. The van der Waals surface area contributed by atoms with Crippen molar-refractivity contribution >= 4 is 32.3 Å². The van der Waals surface area contributed by atoms with Gasteiger partial charge in [-0.3, -0.25) is 0 Å². The van der Waals surface area contributed by atoms with Crippen LogP contribution in [-0.2, 0) is 6.42 Å². The van der Waals surface area contributed by atoms with Gasteiger partial charge in [0.1, 0.15) is 0 Å². The van der Waals surface area contributed by atoms with Crippen LogP contribution in [0.5, 0.6) is 0 Å². The Kier molecular flexibility index (Phi) is 2.65. The van der Waals surface area contributed by atoms with Crippen LogP contribution in [0.4, 0.5) is 0 Å². The van der Waals surface area contributed by atoms with Gasteiger partial charge in [0.2, 0.25) is 0 Å². The predicted octanol–water partition coefficient (Wildman–Crippen LogP) is 5.31. The lowest BCUT2D eigenvalue weighted by atomic mass is 9.91. The molecule has 4 rings (SSSR count). The monoisotopic (exact) mass is 247 g/mol. The Morgan fingerprint density at radius 3 is 1.95 bits per heavy atom. The van der Waals surface area contributed by atoms with E-state index in [4.69, 9.17) is 0 Å². The van der Waals surface area contributed by atoms with Crippen molar-refractivity contribution in [3.8, 4) is 0 Å². The second-order valence-electron chi connectivity index (χ2n) is 4.93. The van der Waals surface area contributed by atoms with Crippen molar-refractivity contribution < 1.29 is 0 Å². The van der Waals surface area contributed by atoms with Gasteiger partial charge in [0.25, 0.3) is 0 Å². The summed E-state index contributed by atoms with van der Waals surface area (Å²) in [4.78, 5) is 0. The highest BCUT2D eigenvalue weighted by Gasteiger charge is 2.09. The van der Waals surface area contributed by atoms with Crippen LogP contribution in [0.3, 0.4) is 0 Å². The minimum absolute atomic E-state index is 0. The van der Waals surface area contributed by atoms with Gasteiger partial charge in [0.05, 0.1) is 0 Å². The third-order valence-corrected chi connectivity index (χ3v) is 4.00. The summed E-state index contributed by atoms with van der Waals surface area (Å²) in [7, 11) is 0. The van der Waals surface area contributed by atoms with E-state index in [1.807, 2.05) is 0 Å². The molecule has 0 radical (unpaired) electrons. The van der Waals surface area contributed by atoms with Crippen LogP contribution < -0.4 is 6.15 Å². The summed E-state index contributed by atoms with van der Waals surface area (Å²) in [5, 5.41) is 8.32. The van der Waals surface area contributed by atoms with Crippen LogP contribution in [0.2, 0.25) is 0 Å². The first-order chi connectivity index (χ1) is 8.88. The van der Waals surface area contributed by atoms with Crippen LogP contribution in [0, 0.1) is 0 Å². The first kappa shape index (κ1) is 11.9. The van der Waals surface area contributed by atoms with Crippen molar-refractivity contribution in [2.75, 3.05) is 0 Å².